The second-order valence-corrected chi connectivity index (χ2v) is 5.57. The zero-order valence-electron chi connectivity index (χ0n) is 12.6. The number of nitrogens with one attached hydrogen (secondary N) is 2. The van der Waals surface area contributed by atoms with Gasteiger partial charge in [-0.2, -0.15) is 0 Å². The standard InChI is InChI=1S/C16H19ClN4O/c1-21(2)11-13-6-3-5-12(9-13)10-19-16(22)20-14-7-4-8-18-15(14)17/h3-9H,10-11H2,1-2H3,(H2,19,20,22). The Labute approximate surface area is 135 Å². The first-order valence-electron chi connectivity index (χ1n) is 6.92. The molecule has 6 heteroatoms. The molecule has 0 unspecified atom stereocenters. The molecular weight excluding hydrogens is 300 g/mol. The van der Waals surface area contributed by atoms with Crippen molar-refractivity contribution in [3.05, 3.63) is 58.9 Å². The van der Waals surface area contributed by atoms with Gasteiger partial charge in [-0.25, -0.2) is 9.78 Å². The van der Waals surface area contributed by atoms with Crippen molar-refractivity contribution in [2.24, 2.45) is 0 Å². The first kappa shape index (κ1) is 16.3. The van der Waals surface area contributed by atoms with E-state index in [9.17, 15) is 4.79 Å². The molecule has 0 spiro atoms. The van der Waals surface area contributed by atoms with Gasteiger partial charge in [-0.1, -0.05) is 35.9 Å². The highest BCUT2D eigenvalue weighted by Gasteiger charge is 2.06. The van der Waals surface area contributed by atoms with Crippen LogP contribution in [0.1, 0.15) is 11.1 Å². The Kier molecular flexibility index (Phi) is 5.75. The summed E-state index contributed by atoms with van der Waals surface area (Å²) in [4.78, 5) is 17.9. The minimum atomic E-state index is -0.312. The topological polar surface area (TPSA) is 57.3 Å². The Morgan fingerprint density at radius 1 is 1.23 bits per heavy atom. The van der Waals surface area contributed by atoms with Crippen LogP contribution in [-0.2, 0) is 13.1 Å². The summed E-state index contributed by atoms with van der Waals surface area (Å²) in [6, 6.07) is 11.2. The zero-order chi connectivity index (χ0) is 15.9. The number of amides is 2. The van der Waals surface area contributed by atoms with Gasteiger partial charge in [0.2, 0.25) is 0 Å². The molecular formula is C16H19ClN4O. The van der Waals surface area contributed by atoms with E-state index in [2.05, 4.69) is 32.7 Å². The van der Waals surface area contributed by atoms with Crippen LogP contribution in [0, 0.1) is 0 Å². The van der Waals surface area contributed by atoms with E-state index in [1.165, 1.54) is 5.56 Å². The first-order chi connectivity index (χ1) is 10.5. The highest BCUT2D eigenvalue weighted by Crippen LogP contribution is 2.17. The molecule has 1 heterocycles. The van der Waals surface area contributed by atoms with Crippen molar-refractivity contribution >= 4 is 23.3 Å². The molecule has 1 aromatic heterocycles. The van der Waals surface area contributed by atoms with E-state index in [1.54, 1.807) is 18.3 Å². The number of urea groups is 1. The van der Waals surface area contributed by atoms with Crippen LogP contribution in [-0.4, -0.2) is 30.0 Å². The van der Waals surface area contributed by atoms with Gasteiger partial charge in [0, 0.05) is 19.3 Å². The number of rotatable bonds is 5. The number of hydrogen-bond acceptors (Lipinski definition) is 3. The predicted molar refractivity (Wildman–Crippen MR) is 88.9 cm³/mol. The fourth-order valence-electron chi connectivity index (χ4n) is 2.03. The third-order valence-corrected chi connectivity index (χ3v) is 3.25. The summed E-state index contributed by atoms with van der Waals surface area (Å²) in [6.45, 7) is 1.32. The second-order valence-electron chi connectivity index (χ2n) is 5.21. The Bertz CT molecular complexity index is 646. The van der Waals surface area contributed by atoms with Gasteiger partial charge >= 0.3 is 6.03 Å². The molecule has 116 valence electrons. The van der Waals surface area contributed by atoms with Gasteiger partial charge in [-0.05, 0) is 37.4 Å². The zero-order valence-corrected chi connectivity index (χ0v) is 13.4. The molecule has 2 aromatic rings. The normalized spacial score (nSPS) is 10.5. The van der Waals surface area contributed by atoms with Crippen LogP contribution < -0.4 is 10.6 Å². The van der Waals surface area contributed by atoms with Crippen molar-refractivity contribution in [1.82, 2.24) is 15.2 Å². The SMILES string of the molecule is CN(C)Cc1cccc(CNC(=O)Nc2cccnc2Cl)c1. The van der Waals surface area contributed by atoms with E-state index in [0.717, 1.165) is 12.1 Å². The lowest BCUT2D eigenvalue weighted by atomic mass is 10.1. The molecule has 0 atom stereocenters. The number of nitrogens with zero attached hydrogens (tertiary/aromatic N) is 2. The largest absolute Gasteiger partial charge is 0.334 e. The first-order valence-corrected chi connectivity index (χ1v) is 7.30. The second kappa shape index (κ2) is 7.77. The molecule has 2 rings (SSSR count). The number of carbonyl (C=O) groups is 1. The highest BCUT2D eigenvalue weighted by atomic mass is 35.5. The van der Waals surface area contributed by atoms with Crippen LogP contribution in [0.4, 0.5) is 10.5 Å². The van der Waals surface area contributed by atoms with Crippen molar-refractivity contribution in [2.75, 3.05) is 19.4 Å². The predicted octanol–water partition coefficient (Wildman–Crippen LogP) is 3.12. The van der Waals surface area contributed by atoms with Gasteiger partial charge < -0.3 is 15.5 Å². The summed E-state index contributed by atoms with van der Waals surface area (Å²) in [6.07, 6.45) is 1.57. The van der Waals surface area contributed by atoms with Crippen LogP contribution in [0.15, 0.2) is 42.6 Å². The fraction of sp³-hybridized carbons (Fsp3) is 0.250. The molecule has 1 aromatic carbocycles. The van der Waals surface area contributed by atoms with E-state index < -0.39 is 0 Å². The van der Waals surface area contributed by atoms with Gasteiger partial charge in [0.05, 0.1) is 5.69 Å². The Hall–Kier alpha value is -2.11. The van der Waals surface area contributed by atoms with E-state index in [-0.39, 0.29) is 11.2 Å². The molecule has 0 saturated heterocycles. The summed E-state index contributed by atoms with van der Waals surface area (Å²) < 4.78 is 0. The minimum Gasteiger partial charge on any atom is -0.334 e. The lowest BCUT2D eigenvalue weighted by molar-refractivity contribution is 0.251. The van der Waals surface area contributed by atoms with Gasteiger partial charge in [-0.3, -0.25) is 0 Å². The number of benzene rings is 1. The van der Waals surface area contributed by atoms with Crippen LogP contribution in [0.25, 0.3) is 0 Å². The number of carbonyl (C=O) groups excluding carboxylic acids is 1. The van der Waals surface area contributed by atoms with Crippen molar-refractivity contribution in [3.8, 4) is 0 Å². The van der Waals surface area contributed by atoms with Gasteiger partial charge in [0.1, 0.15) is 0 Å². The van der Waals surface area contributed by atoms with E-state index >= 15 is 0 Å². The monoisotopic (exact) mass is 318 g/mol. The summed E-state index contributed by atoms with van der Waals surface area (Å²) in [5.74, 6) is 0. The average Bonchev–Trinajstić information content (AvgIpc) is 2.47. The lowest BCUT2D eigenvalue weighted by Gasteiger charge is -2.12. The summed E-state index contributed by atoms with van der Waals surface area (Å²) in [7, 11) is 4.05. The molecule has 5 nitrogen and oxygen atoms in total. The number of hydrogen-bond donors (Lipinski definition) is 2. The van der Waals surface area contributed by atoms with Gasteiger partial charge in [0.25, 0.3) is 0 Å². The maximum absolute atomic E-state index is 11.9. The van der Waals surface area contributed by atoms with Crippen molar-refractivity contribution in [3.63, 3.8) is 0 Å². The molecule has 0 aliphatic rings. The third-order valence-electron chi connectivity index (χ3n) is 2.95. The molecule has 0 saturated carbocycles. The summed E-state index contributed by atoms with van der Waals surface area (Å²) >= 11 is 5.90. The molecule has 0 fully saturated rings. The smallest absolute Gasteiger partial charge is 0.319 e. The number of aromatic nitrogens is 1. The van der Waals surface area contributed by atoms with Gasteiger partial charge in [0.15, 0.2) is 5.15 Å². The maximum Gasteiger partial charge on any atom is 0.319 e. The van der Waals surface area contributed by atoms with Gasteiger partial charge in [-0.15, -0.1) is 0 Å². The molecule has 0 radical (unpaired) electrons. The number of pyridine rings is 1. The number of halogens is 1. The van der Waals surface area contributed by atoms with E-state index in [4.69, 9.17) is 11.6 Å². The summed E-state index contributed by atoms with van der Waals surface area (Å²) in [5, 5.41) is 5.75. The van der Waals surface area contributed by atoms with E-state index in [1.807, 2.05) is 26.2 Å². The van der Waals surface area contributed by atoms with E-state index in [0.29, 0.717) is 12.2 Å². The van der Waals surface area contributed by atoms with Crippen LogP contribution in [0.5, 0.6) is 0 Å². The molecule has 0 aliphatic heterocycles. The number of anilines is 1. The van der Waals surface area contributed by atoms with Crippen LogP contribution >= 0.6 is 11.6 Å². The molecule has 22 heavy (non-hydrogen) atoms. The third kappa shape index (κ3) is 5.02. The Morgan fingerprint density at radius 2 is 2.00 bits per heavy atom. The molecule has 2 N–H and O–H groups in total. The highest BCUT2D eigenvalue weighted by molar-refractivity contribution is 6.32. The van der Waals surface area contributed by atoms with Crippen molar-refractivity contribution < 1.29 is 4.79 Å². The van der Waals surface area contributed by atoms with Crippen LogP contribution in [0.3, 0.4) is 0 Å². The minimum absolute atomic E-state index is 0.269. The summed E-state index contributed by atoms with van der Waals surface area (Å²) in [5.41, 5.74) is 2.75. The Morgan fingerprint density at radius 3 is 2.73 bits per heavy atom. The van der Waals surface area contributed by atoms with Crippen molar-refractivity contribution in [1.29, 1.82) is 0 Å². The molecule has 2 amide bonds. The lowest BCUT2D eigenvalue weighted by Crippen LogP contribution is -2.28. The van der Waals surface area contributed by atoms with Crippen molar-refractivity contribution in [2.45, 2.75) is 13.1 Å². The van der Waals surface area contributed by atoms with Crippen LogP contribution in [0.2, 0.25) is 5.15 Å². The fourth-order valence-corrected chi connectivity index (χ4v) is 2.20. The Balaban J connectivity index is 1.90. The maximum atomic E-state index is 11.9. The average molecular weight is 319 g/mol. The molecule has 0 bridgehead atoms. The molecule has 0 aliphatic carbocycles. The quantitative estimate of drug-likeness (QED) is 0.833.